The Kier molecular flexibility index (Phi) is 26.4. The molecule has 0 spiro atoms. The quantitative estimate of drug-likeness (QED) is 0.0141. The van der Waals surface area contributed by atoms with Crippen LogP contribution in [0.2, 0.25) is 15.1 Å². The van der Waals surface area contributed by atoms with E-state index < -0.39 is 48.2 Å². The molecule has 9 aromatic rings. The number of para-hydroxylation sites is 8. The van der Waals surface area contributed by atoms with Crippen LogP contribution in [0, 0.1) is 20.2 Å². The van der Waals surface area contributed by atoms with Gasteiger partial charge in [0.2, 0.25) is 16.3 Å². The van der Waals surface area contributed by atoms with Crippen LogP contribution in [0.15, 0.2) is 162 Å². The van der Waals surface area contributed by atoms with Gasteiger partial charge in [-0.3, -0.25) is 49.0 Å². The van der Waals surface area contributed by atoms with Gasteiger partial charge < -0.3 is 66.3 Å². The summed E-state index contributed by atoms with van der Waals surface area (Å²) in [5, 5.41) is 47.8. The first kappa shape index (κ1) is 67.8. The number of nitro benzene ring substituents is 2. The maximum Gasteiger partial charge on any atom is 0.273 e. The molecule has 0 unspecified atom stereocenters. The number of halogens is 3. The van der Waals surface area contributed by atoms with Crippen molar-refractivity contribution < 1.29 is 43.8 Å². The monoisotopic (exact) mass is 1210 g/mol. The Morgan fingerprint density at radius 2 is 0.905 bits per heavy atom. The number of carbonyl (C=O) groups excluding carboxylic acids is 1. The zero-order valence-corrected chi connectivity index (χ0v) is 47.7. The number of nitrogen functional groups attached to an aromatic ring is 2. The molecule has 0 radical (unpaired) electrons. The smallest absolute Gasteiger partial charge is 0.273 e. The van der Waals surface area contributed by atoms with Gasteiger partial charge in [0.15, 0.2) is 0 Å². The minimum atomic E-state index is -0.764. The molecule has 9 N–H and O–H groups in total. The summed E-state index contributed by atoms with van der Waals surface area (Å²) in [5.74, 6) is 2.01. The Balaban J connectivity index is 0.000000277. The van der Waals surface area contributed by atoms with Crippen molar-refractivity contribution in [3.8, 4) is 34.5 Å². The fourth-order valence-corrected chi connectivity index (χ4v) is 7.21. The van der Waals surface area contributed by atoms with Gasteiger partial charge in [-0.2, -0.15) is 0 Å². The third kappa shape index (κ3) is 17.7. The fourth-order valence-electron chi connectivity index (χ4n) is 6.56. The van der Waals surface area contributed by atoms with Gasteiger partial charge in [0, 0.05) is 26.2 Å². The molecule has 0 saturated carbocycles. The van der Waals surface area contributed by atoms with Gasteiger partial charge >= 0.3 is 0 Å². The summed E-state index contributed by atoms with van der Waals surface area (Å²) in [6.07, 6.45) is 0.750. The lowest BCUT2D eigenvalue weighted by atomic mass is 10.1. The number of nitrogens with two attached hydrogens (primary N) is 2. The summed E-state index contributed by atoms with van der Waals surface area (Å²) in [7, 11) is 9.81. The Morgan fingerprint density at radius 3 is 1.31 bits per heavy atom. The third-order valence-electron chi connectivity index (χ3n) is 10.9. The number of phenols is 2. The topological polar surface area (TPSA) is 375 Å². The molecular formula is C56H53Cl3N8O17. The number of nitrogens with one attached hydrogen (secondary N) is 3. The molecule has 84 heavy (non-hydrogen) atoms. The number of non-ortho nitro benzene ring substituents is 2. The first-order valence-electron chi connectivity index (χ1n) is 23.7. The van der Waals surface area contributed by atoms with Crippen molar-refractivity contribution in [1.29, 1.82) is 0 Å². The highest BCUT2D eigenvalue weighted by Gasteiger charge is 2.25. The largest absolute Gasteiger partial charge is 0.506 e. The number of phenolic OH excluding ortho intramolecular Hbond substituents is 2. The van der Waals surface area contributed by atoms with E-state index in [1.54, 1.807) is 68.6 Å². The summed E-state index contributed by atoms with van der Waals surface area (Å²) in [5.41, 5.74) is 9.43. The number of ether oxygens (including phenoxy) is 4. The average molecular weight is 1220 g/mol. The van der Waals surface area contributed by atoms with Gasteiger partial charge in [0.05, 0.1) is 84.5 Å². The lowest BCUT2D eigenvalue weighted by molar-refractivity contribution is -0.385. The molecule has 25 nitrogen and oxygen atoms in total. The predicted octanol–water partition coefficient (Wildman–Crippen LogP) is 8.80. The standard InChI is InChI=1S/C17H13N3O6.C12H10ClNO3.C8H11NO.C7H9NO.C6H6N2O3.C4Cl2O2.C2H4O/c1-26-13-5-3-2-4-11(13)19-15-14(16(22)17(15)23)18-10-7-6-9(20(24)25)8-12(10)21;1-14(10-9(13)11(15)12(10)16)7-5-3-4-6-8(7)17-2;1-9-7-5-3-4-6-8(7)10-2;1-9-7-5-3-2-4-6(7)8;7-5-2-1-4(8(10)11)3-6(5)9;5-1-2(6)4(8)3(1)7;1-2-3/h2-8,18-19,21H,1H3;3-6H,1-2H3;3-6,9H,1-2H3;2-5H,8H2,1H3;1-3,9H,7H2;;2H,1H3. The van der Waals surface area contributed by atoms with E-state index in [0.29, 0.717) is 28.6 Å². The van der Waals surface area contributed by atoms with Gasteiger partial charge in [-0.1, -0.05) is 83.3 Å². The molecule has 0 aliphatic carbocycles. The van der Waals surface area contributed by atoms with E-state index in [9.17, 15) is 54.1 Å². The van der Waals surface area contributed by atoms with Gasteiger partial charge in [-0.15, -0.1) is 0 Å². The van der Waals surface area contributed by atoms with Crippen LogP contribution in [0.25, 0.3) is 0 Å². The van der Waals surface area contributed by atoms with Gasteiger partial charge in [-0.05, 0) is 67.6 Å². The third-order valence-corrected chi connectivity index (χ3v) is 12.0. The highest BCUT2D eigenvalue weighted by Crippen LogP contribution is 2.35. The minimum Gasteiger partial charge on any atom is -0.506 e. The Hall–Kier alpha value is -10.5. The number of rotatable bonds is 13. The van der Waals surface area contributed by atoms with Crippen LogP contribution in [0.1, 0.15) is 6.92 Å². The van der Waals surface area contributed by atoms with Crippen molar-refractivity contribution >= 4 is 104 Å². The van der Waals surface area contributed by atoms with Crippen molar-refractivity contribution in [2.45, 2.75) is 6.92 Å². The van der Waals surface area contributed by atoms with E-state index in [0.717, 1.165) is 35.6 Å². The summed E-state index contributed by atoms with van der Waals surface area (Å²) >= 11 is 16.0. The molecule has 0 amide bonds. The molecule has 9 aromatic carbocycles. The lowest BCUT2D eigenvalue weighted by Crippen LogP contribution is -2.37. The molecule has 440 valence electrons. The number of methoxy groups -OCH3 is 4. The van der Waals surface area contributed by atoms with E-state index in [1.165, 1.54) is 45.4 Å². The van der Waals surface area contributed by atoms with E-state index in [4.69, 9.17) is 75.1 Å². The predicted molar refractivity (Wildman–Crippen MR) is 325 cm³/mol. The van der Waals surface area contributed by atoms with Crippen LogP contribution in [0.5, 0.6) is 34.5 Å². The fraction of sp³-hybridized carbons (Fsp3) is 0.125. The Labute approximate surface area is 491 Å². The summed E-state index contributed by atoms with van der Waals surface area (Å²) in [6, 6.07) is 36.1. The second-order valence-corrected chi connectivity index (χ2v) is 17.2. The molecule has 0 bridgehead atoms. The molecule has 0 aliphatic rings. The zero-order chi connectivity index (χ0) is 63.0. The van der Waals surface area contributed by atoms with Gasteiger partial charge in [0.1, 0.15) is 72.9 Å². The second kappa shape index (κ2) is 32.7. The zero-order valence-electron chi connectivity index (χ0n) is 45.4. The number of aromatic hydroxyl groups is 2. The van der Waals surface area contributed by atoms with Crippen LogP contribution < -0.4 is 83.8 Å². The van der Waals surface area contributed by atoms with Crippen molar-refractivity contribution in [3.05, 3.63) is 230 Å². The van der Waals surface area contributed by atoms with Crippen molar-refractivity contribution in [2.75, 3.05) is 74.9 Å². The van der Waals surface area contributed by atoms with Crippen molar-refractivity contribution in [3.63, 3.8) is 0 Å². The van der Waals surface area contributed by atoms with Gasteiger partial charge in [0.25, 0.3) is 27.7 Å². The van der Waals surface area contributed by atoms with Crippen LogP contribution in [0.4, 0.5) is 62.6 Å². The van der Waals surface area contributed by atoms with E-state index in [1.807, 2.05) is 61.6 Å². The summed E-state index contributed by atoms with van der Waals surface area (Å²) < 4.78 is 20.4. The van der Waals surface area contributed by atoms with Crippen LogP contribution in [0.3, 0.4) is 0 Å². The number of benzene rings is 6. The molecule has 0 fully saturated rings. The maximum atomic E-state index is 11.9. The van der Waals surface area contributed by atoms with Crippen LogP contribution in [-0.4, -0.2) is 68.9 Å². The Morgan fingerprint density at radius 1 is 0.512 bits per heavy atom. The summed E-state index contributed by atoms with van der Waals surface area (Å²) in [6.45, 7) is 1.44. The number of hydrogen-bond donors (Lipinski definition) is 7. The summed E-state index contributed by atoms with van der Waals surface area (Å²) in [4.78, 5) is 96.5. The highest BCUT2D eigenvalue weighted by atomic mass is 35.5. The minimum absolute atomic E-state index is 0.0113. The molecular weight excluding hydrogens is 1160 g/mol. The number of nitro groups is 2. The highest BCUT2D eigenvalue weighted by molar-refractivity contribution is 6.43. The first-order chi connectivity index (χ1) is 39.9. The van der Waals surface area contributed by atoms with E-state index >= 15 is 0 Å². The van der Waals surface area contributed by atoms with Crippen molar-refractivity contribution in [2.24, 2.45) is 0 Å². The van der Waals surface area contributed by atoms with Crippen molar-refractivity contribution in [1.82, 2.24) is 0 Å². The van der Waals surface area contributed by atoms with Crippen LogP contribution >= 0.6 is 34.8 Å². The SMILES string of the molecule is CC=O.CNc1ccccc1OC.COc1ccccc1N.COc1ccccc1N(C)c1c(Cl)c(=O)c1=O.COc1ccccc1Nc1c(Nc2ccc([N+](=O)[O-])cc2O)c(=O)c1=O.Nc1ccc([N+](=O)[O-])cc1O.O=c1c(Cl)c(Cl)c1=O. The second-order valence-electron chi connectivity index (χ2n) is 16.1. The number of hydrogen-bond acceptors (Lipinski definition) is 23. The average Bonchev–Trinajstić information content (AvgIpc) is 2.35. The van der Waals surface area contributed by atoms with E-state index in [2.05, 4.69) is 16.0 Å². The number of nitrogens with zero attached hydrogens (tertiary/aromatic N) is 3. The molecule has 0 atom stereocenters. The molecule has 9 rings (SSSR count). The molecule has 0 saturated heterocycles. The maximum absolute atomic E-state index is 11.9. The van der Waals surface area contributed by atoms with Gasteiger partial charge in [-0.25, -0.2) is 0 Å². The molecule has 28 heteroatoms. The Bertz CT molecular complexity index is 3900. The normalized spacial score (nSPS) is 9.79. The number of carbonyl (C=O) groups is 1. The molecule has 0 aromatic heterocycles. The first-order valence-corrected chi connectivity index (χ1v) is 24.8. The molecule has 0 aliphatic heterocycles. The van der Waals surface area contributed by atoms with E-state index in [-0.39, 0.29) is 60.6 Å². The number of aldehydes is 1. The molecule has 0 heterocycles. The number of anilines is 9. The van der Waals surface area contributed by atoms with Crippen LogP contribution in [-0.2, 0) is 4.79 Å². The lowest BCUT2D eigenvalue weighted by Gasteiger charge is -2.22.